The number of hydrogen-bond donors (Lipinski definition) is 0. The molecule has 0 amide bonds. The van der Waals surface area contributed by atoms with Crippen LogP contribution in [0.1, 0.15) is 23.2 Å². The number of halogens is 1. The molecule has 0 spiro atoms. The molecule has 0 heterocycles. The van der Waals surface area contributed by atoms with Crippen LogP contribution in [-0.4, -0.2) is 18.9 Å². The van der Waals surface area contributed by atoms with Crippen molar-refractivity contribution in [3.8, 4) is 0 Å². The molecule has 84 valence electrons. The number of ether oxygens (including phenoxy) is 1. The lowest BCUT2D eigenvalue weighted by Crippen LogP contribution is -2.27. The second-order valence-electron chi connectivity index (χ2n) is 3.88. The van der Waals surface area contributed by atoms with Gasteiger partial charge in [-0.25, -0.2) is 4.39 Å². The van der Waals surface area contributed by atoms with Gasteiger partial charge in [0.15, 0.2) is 5.78 Å². The van der Waals surface area contributed by atoms with Crippen LogP contribution >= 0.6 is 0 Å². The molecule has 1 fully saturated rings. The van der Waals surface area contributed by atoms with Crippen molar-refractivity contribution < 1.29 is 18.7 Å². The van der Waals surface area contributed by atoms with Gasteiger partial charge in [-0.2, -0.15) is 0 Å². The minimum atomic E-state index is -1.13. The number of ketones is 1. The predicted octanol–water partition coefficient (Wildman–Crippen LogP) is 1.96. The lowest BCUT2D eigenvalue weighted by Gasteiger charge is -2.11. The average molecular weight is 222 g/mol. The summed E-state index contributed by atoms with van der Waals surface area (Å²) in [6, 6.07) is 5.68. The first-order valence-corrected chi connectivity index (χ1v) is 4.99. The largest absolute Gasteiger partial charge is 0.468 e. The smallest absolute Gasteiger partial charge is 0.319 e. The minimum Gasteiger partial charge on any atom is -0.468 e. The fourth-order valence-corrected chi connectivity index (χ4v) is 1.75. The van der Waals surface area contributed by atoms with Gasteiger partial charge in [-0.05, 0) is 25.0 Å². The van der Waals surface area contributed by atoms with Crippen molar-refractivity contribution in [1.29, 1.82) is 0 Å². The molecule has 3 nitrogen and oxygen atoms in total. The third kappa shape index (κ3) is 1.50. The molecule has 1 aromatic carbocycles. The Morgan fingerprint density at radius 3 is 2.44 bits per heavy atom. The first kappa shape index (κ1) is 10.8. The molecule has 1 aliphatic carbocycles. The molecular weight excluding hydrogens is 211 g/mol. The molecule has 0 radical (unpaired) electrons. The van der Waals surface area contributed by atoms with Crippen molar-refractivity contribution >= 4 is 11.8 Å². The summed E-state index contributed by atoms with van der Waals surface area (Å²) in [5.41, 5.74) is -1.16. The number of esters is 1. The van der Waals surface area contributed by atoms with Crippen LogP contribution in [0.2, 0.25) is 0 Å². The number of carbonyl (C=O) groups is 2. The Bertz CT molecular complexity index is 449. The van der Waals surface area contributed by atoms with Gasteiger partial charge in [-0.15, -0.1) is 0 Å². The molecule has 16 heavy (non-hydrogen) atoms. The second-order valence-corrected chi connectivity index (χ2v) is 3.88. The van der Waals surface area contributed by atoms with Crippen LogP contribution in [-0.2, 0) is 9.53 Å². The number of Topliss-reactive ketones (excluding diaryl/α,β-unsaturated/α-hetero) is 1. The van der Waals surface area contributed by atoms with Crippen molar-refractivity contribution in [2.24, 2.45) is 5.41 Å². The Morgan fingerprint density at radius 1 is 1.31 bits per heavy atom. The summed E-state index contributed by atoms with van der Waals surface area (Å²) in [4.78, 5) is 23.5. The van der Waals surface area contributed by atoms with Gasteiger partial charge in [0.1, 0.15) is 11.2 Å². The van der Waals surface area contributed by atoms with Crippen molar-refractivity contribution in [2.75, 3.05) is 7.11 Å². The van der Waals surface area contributed by atoms with Crippen LogP contribution in [0.5, 0.6) is 0 Å². The normalized spacial score (nSPS) is 16.6. The number of hydrogen-bond acceptors (Lipinski definition) is 3. The highest BCUT2D eigenvalue weighted by molar-refractivity contribution is 6.14. The molecular formula is C12H11FO3. The Labute approximate surface area is 92.2 Å². The summed E-state index contributed by atoms with van der Waals surface area (Å²) in [6.07, 6.45) is 0.875. The van der Waals surface area contributed by atoms with Crippen LogP contribution in [0.15, 0.2) is 24.3 Å². The summed E-state index contributed by atoms with van der Waals surface area (Å²) < 4.78 is 18.0. The number of methoxy groups -OCH3 is 1. The highest BCUT2D eigenvalue weighted by Crippen LogP contribution is 2.49. The molecule has 0 bridgehead atoms. The van der Waals surface area contributed by atoms with Gasteiger partial charge >= 0.3 is 5.97 Å². The maximum absolute atomic E-state index is 13.4. The van der Waals surface area contributed by atoms with E-state index in [4.69, 9.17) is 0 Å². The van der Waals surface area contributed by atoms with E-state index in [-0.39, 0.29) is 5.56 Å². The lowest BCUT2D eigenvalue weighted by molar-refractivity contribution is -0.145. The molecule has 0 aromatic heterocycles. The summed E-state index contributed by atoms with van der Waals surface area (Å²) in [6.45, 7) is 0. The summed E-state index contributed by atoms with van der Waals surface area (Å²) in [7, 11) is 1.23. The molecule has 0 aliphatic heterocycles. The van der Waals surface area contributed by atoms with E-state index in [2.05, 4.69) is 4.74 Å². The monoisotopic (exact) mass is 222 g/mol. The van der Waals surface area contributed by atoms with Gasteiger partial charge in [-0.1, -0.05) is 12.1 Å². The van der Waals surface area contributed by atoms with Gasteiger partial charge in [0.25, 0.3) is 0 Å². The Kier molecular flexibility index (Phi) is 2.50. The number of carbonyl (C=O) groups excluding carboxylic acids is 2. The van der Waals surface area contributed by atoms with Gasteiger partial charge in [0, 0.05) is 0 Å². The third-order valence-corrected chi connectivity index (χ3v) is 2.88. The summed E-state index contributed by atoms with van der Waals surface area (Å²) in [5, 5.41) is 0. The molecule has 1 saturated carbocycles. The molecule has 0 atom stereocenters. The molecule has 1 aromatic rings. The molecule has 0 saturated heterocycles. The van der Waals surface area contributed by atoms with E-state index in [0.717, 1.165) is 0 Å². The molecule has 0 unspecified atom stereocenters. The average Bonchev–Trinajstić information content (AvgIpc) is 3.09. The zero-order valence-corrected chi connectivity index (χ0v) is 8.83. The second kappa shape index (κ2) is 3.70. The van der Waals surface area contributed by atoms with E-state index in [1.807, 2.05) is 0 Å². The SMILES string of the molecule is COC(=O)C1(C(=O)c2ccccc2F)CC1. The van der Waals surface area contributed by atoms with Crippen LogP contribution in [0.25, 0.3) is 0 Å². The van der Waals surface area contributed by atoms with Crippen molar-refractivity contribution in [3.63, 3.8) is 0 Å². The Hall–Kier alpha value is -1.71. The highest BCUT2D eigenvalue weighted by atomic mass is 19.1. The number of rotatable bonds is 3. The van der Waals surface area contributed by atoms with Gasteiger partial charge < -0.3 is 4.74 Å². The minimum absolute atomic E-state index is 0.0367. The standard InChI is InChI=1S/C12H11FO3/c1-16-11(15)12(6-7-12)10(14)8-4-2-3-5-9(8)13/h2-5H,6-7H2,1H3. The zero-order valence-electron chi connectivity index (χ0n) is 8.83. The van der Waals surface area contributed by atoms with Crippen molar-refractivity contribution in [3.05, 3.63) is 35.6 Å². The fourth-order valence-electron chi connectivity index (χ4n) is 1.75. The van der Waals surface area contributed by atoms with E-state index in [1.54, 1.807) is 6.07 Å². The van der Waals surface area contributed by atoms with Crippen molar-refractivity contribution in [2.45, 2.75) is 12.8 Å². The van der Waals surface area contributed by atoms with Crippen LogP contribution < -0.4 is 0 Å². The third-order valence-electron chi connectivity index (χ3n) is 2.88. The molecule has 2 rings (SSSR count). The summed E-state index contributed by atoms with van der Waals surface area (Å²) >= 11 is 0. The van der Waals surface area contributed by atoms with Crippen LogP contribution in [0.3, 0.4) is 0 Å². The maximum atomic E-state index is 13.4. The van der Waals surface area contributed by atoms with Gasteiger partial charge in [0.05, 0.1) is 12.7 Å². The van der Waals surface area contributed by atoms with Gasteiger partial charge in [0.2, 0.25) is 0 Å². The summed E-state index contributed by atoms with van der Waals surface area (Å²) in [5.74, 6) is -1.64. The van der Waals surface area contributed by atoms with Crippen LogP contribution in [0, 0.1) is 11.2 Å². The van der Waals surface area contributed by atoms with E-state index in [1.165, 1.54) is 25.3 Å². The van der Waals surface area contributed by atoms with Crippen molar-refractivity contribution in [1.82, 2.24) is 0 Å². The predicted molar refractivity (Wildman–Crippen MR) is 54.4 cm³/mol. The molecule has 1 aliphatic rings. The Morgan fingerprint density at radius 2 is 1.94 bits per heavy atom. The Balaban J connectivity index is 2.34. The molecule has 4 heteroatoms. The molecule has 0 N–H and O–H groups in total. The topological polar surface area (TPSA) is 43.4 Å². The zero-order chi connectivity index (χ0) is 11.8. The quantitative estimate of drug-likeness (QED) is 0.446. The van der Waals surface area contributed by atoms with E-state index in [9.17, 15) is 14.0 Å². The fraction of sp³-hybridized carbons (Fsp3) is 0.333. The highest BCUT2D eigenvalue weighted by Gasteiger charge is 2.58. The number of benzene rings is 1. The van der Waals surface area contributed by atoms with Crippen LogP contribution in [0.4, 0.5) is 4.39 Å². The first-order chi connectivity index (χ1) is 7.62. The maximum Gasteiger partial charge on any atom is 0.319 e. The lowest BCUT2D eigenvalue weighted by atomic mass is 9.94. The first-order valence-electron chi connectivity index (χ1n) is 4.99. The van der Waals surface area contributed by atoms with E-state index < -0.39 is 23.0 Å². The van der Waals surface area contributed by atoms with E-state index in [0.29, 0.717) is 12.8 Å². The van der Waals surface area contributed by atoms with E-state index >= 15 is 0 Å². The van der Waals surface area contributed by atoms with Gasteiger partial charge in [-0.3, -0.25) is 9.59 Å².